The maximum absolute atomic E-state index is 5.98. The Labute approximate surface area is 154 Å². The molecule has 5 heteroatoms. The predicted molar refractivity (Wildman–Crippen MR) is 107 cm³/mol. The lowest BCUT2D eigenvalue weighted by Crippen LogP contribution is -2.28. The Bertz CT molecular complexity index is 768. The minimum atomic E-state index is 0.526. The van der Waals surface area contributed by atoms with Crippen LogP contribution in [0.1, 0.15) is 30.5 Å². The van der Waals surface area contributed by atoms with Crippen LogP contribution in [0.3, 0.4) is 0 Å². The number of pyridine rings is 1. The van der Waals surface area contributed by atoms with Crippen LogP contribution < -0.4 is 11.1 Å². The first-order valence-electron chi connectivity index (χ1n) is 8.83. The van der Waals surface area contributed by atoms with E-state index < -0.39 is 0 Å². The number of hydrogen-bond acceptors (Lipinski definition) is 5. The van der Waals surface area contributed by atoms with Crippen molar-refractivity contribution >= 4 is 23.0 Å². The van der Waals surface area contributed by atoms with Crippen LogP contribution in [-0.2, 0) is 6.54 Å². The summed E-state index contributed by atoms with van der Waals surface area (Å²) in [5, 5.41) is 3.61. The molecule has 0 unspecified atom stereocenters. The minimum absolute atomic E-state index is 0.526. The summed E-state index contributed by atoms with van der Waals surface area (Å²) in [4.78, 5) is 9.03. The molecular formula is C20H26N4S. The molecule has 0 saturated carbocycles. The van der Waals surface area contributed by atoms with Gasteiger partial charge in [-0.25, -0.2) is 0 Å². The van der Waals surface area contributed by atoms with Crippen LogP contribution in [0.5, 0.6) is 0 Å². The SMILES string of the molecule is C=C1c2ccncc2Sc2c(CN)ccc(NCCN(CC)CC)c21. The number of aromatic nitrogens is 1. The zero-order valence-corrected chi connectivity index (χ0v) is 15.8. The van der Waals surface area contributed by atoms with Crippen LogP contribution in [0, 0.1) is 0 Å². The van der Waals surface area contributed by atoms with Gasteiger partial charge in [0.2, 0.25) is 0 Å². The maximum Gasteiger partial charge on any atom is 0.0432 e. The average molecular weight is 355 g/mol. The van der Waals surface area contributed by atoms with Crippen LogP contribution in [0.15, 0.2) is 47.0 Å². The van der Waals surface area contributed by atoms with Crippen molar-refractivity contribution in [2.75, 3.05) is 31.5 Å². The summed E-state index contributed by atoms with van der Waals surface area (Å²) < 4.78 is 0. The van der Waals surface area contributed by atoms with Crippen molar-refractivity contribution in [2.45, 2.75) is 30.2 Å². The van der Waals surface area contributed by atoms with E-state index in [0.717, 1.165) is 53.5 Å². The molecule has 3 N–H and O–H groups in total. The highest BCUT2D eigenvalue weighted by Gasteiger charge is 2.24. The van der Waals surface area contributed by atoms with E-state index in [0.29, 0.717) is 6.54 Å². The Morgan fingerprint density at radius 3 is 2.76 bits per heavy atom. The van der Waals surface area contributed by atoms with E-state index in [2.05, 4.69) is 47.8 Å². The molecule has 0 aliphatic carbocycles. The molecule has 0 bridgehead atoms. The average Bonchev–Trinajstić information content (AvgIpc) is 2.65. The third kappa shape index (κ3) is 3.59. The van der Waals surface area contributed by atoms with Gasteiger partial charge < -0.3 is 16.0 Å². The molecule has 1 aliphatic rings. The van der Waals surface area contributed by atoms with Gasteiger partial charge in [0.05, 0.1) is 0 Å². The van der Waals surface area contributed by atoms with Crippen LogP contribution in [0.2, 0.25) is 0 Å². The molecule has 1 aromatic heterocycles. The van der Waals surface area contributed by atoms with Crippen molar-refractivity contribution in [1.82, 2.24) is 9.88 Å². The molecule has 0 amide bonds. The summed E-state index contributed by atoms with van der Waals surface area (Å²) in [6.07, 6.45) is 3.74. The number of benzene rings is 1. The molecule has 0 spiro atoms. The van der Waals surface area contributed by atoms with Gasteiger partial charge in [0.25, 0.3) is 0 Å². The van der Waals surface area contributed by atoms with E-state index in [-0.39, 0.29) is 0 Å². The molecule has 3 rings (SSSR count). The molecule has 1 aliphatic heterocycles. The maximum atomic E-state index is 5.98. The highest BCUT2D eigenvalue weighted by atomic mass is 32.2. The first kappa shape index (κ1) is 18.0. The number of nitrogens with one attached hydrogen (secondary N) is 1. The van der Waals surface area contributed by atoms with Gasteiger partial charge in [0, 0.05) is 53.1 Å². The molecule has 132 valence electrons. The van der Waals surface area contributed by atoms with Gasteiger partial charge >= 0.3 is 0 Å². The summed E-state index contributed by atoms with van der Waals surface area (Å²) in [6.45, 7) is 13.4. The summed E-state index contributed by atoms with van der Waals surface area (Å²) in [5.41, 5.74) is 11.7. The monoisotopic (exact) mass is 354 g/mol. The summed E-state index contributed by atoms with van der Waals surface area (Å²) in [5.74, 6) is 0. The number of anilines is 1. The van der Waals surface area contributed by atoms with Crippen molar-refractivity contribution in [3.8, 4) is 0 Å². The Morgan fingerprint density at radius 2 is 2.04 bits per heavy atom. The van der Waals surface area contributed by atoms with Crippen molar-refractivity contribution < 1.29 is 0 Å². The lowest BCUT2D eigenvalue weighted by Gasteiger charge is -2.26. The lowest BCUT2D eigenvalue weighted by atomic mass is 9.96. The quantitative estimate of drug-likeness (QED) is 0.675. The Kier molecular flexibility index (Phi) is 5.78. The third-order valence-corrected chi connectivity index (χ3v) is 5.94. The van der Waals surface area contributed by atoms with Crippen molar-refractivity contribution in [3.63, 3.8) is 0 Å². The minimum Gasteiger partial charge on any atom is -0.383 e. The standard InChI is InChI=1S/C20H26N4S/c1-4-24(5-2)11-10-23-17-7-6-15(12-21)20-19(17)14(3)16-8-9-22-13-18(16)25-20/h6-9,13,23H,3-5,10-12,21H2,1-2H3. The van der Waals surface area contributed by atoms with E-state index in [1.807, 2.05) is 18.5 Å². The van der Waals surface area contributed by atoms with Gasteiger partial charge in [-0.3, -0.25) is 4.98 Å². The fourth-order valence-corrected chi connectivity index (χ4v) is 4.45. The van der Waals surface area contributed by atoms with Gasteiger partial charge in [-0.15, -0.1) is 0 Å². The molecular weight excluding hydrogens is 328 g/mol. The second-order valence-electron chi connectivity index (χ2n) is 6.09. The van der Waals surface area contributed by atoms with Crippen LogP contribution >= 0.6 is 11.8 Å². The highest BCUT2D eigenvalue weighted by molar-refractivity contribution is 7.99. The van der Waals surface area contributed by atoms with E-state index in [1.54, 1.807) is 11.8 Å². The Morgan fingerprint density at radius 1 is 1.24 bits per heavy atom. The second-order valence-corrected chi connectivity index (χ2v) is 7.14. The van der Waals surface area contributed by atoms with Gasteiger partial charge in [0.15, 0.2) is 0 Å². The molecule has 0 saturated heterocycles. The first-order chi connectivity index (χ1) is 12.2. The fraction of sp³-hybridized carbons (Fsp3) is 0.350. The second kappa shape index (κ2) is 8.04. The third-order valence-electron chi connectivity index (χ3n) is 4.72. The van der Waals surface area contributed by atoms with Crippen molar-refractivity contribution in [2.24, 2.45) is 5.73 Å². The molecule has 2 aromatic rings. The van der Waals surface area contributed by atoms with Crippen molar-refractivity contribution in [3.05, 3.63) is 53.9 Å². The largest absolute Gasteiger partial charge is 0.383 e. The lowest BCUT2D eigenvalue weighted by molar-refractivity contribution is 0.316. The number of rotatable bonds is 7. The normalized spacial score (nSPS) is 12.9. The number of nitrogens with two attached hydrogens (primary N) is 1. The summed E-state index contributed by atoms with van der Waals surface area (Å²) >= 11 is 1.75. The number of hydrogen-bond donors (Lipinski definition) is 2. The molecule has 0 radical (unpaired) electrons. The highest BCUT2D eigenvalue weighted by Crippen LogP contribution is 2.48. The number of nitrogens with zero attached hydrogens (tertiary/aromatic N) is 2. The van der Waals surface area contributed by atoms with E-state index in [4.69, 9.17) is 5.73 Å². The van der Waals surface area contributed by atoms with Crippen LogP contribution in [0.4, 0.5) is 5.69 Å². The van der Waals surface area contributed by atoms with Gasteiger partial charge in [-0.2, -0.15) is 0 Å². The van der Waals surface area contributed by atoms with Crippen molar-refractivity contribution in [1.29, 1.82) is 0 Å². The smallest absolute Gasteiger partial charge is 0.0432 e. The zero-order chi connectivity index (χ0) is 17.8. The molecule has 0 atom stereocenters. The van der Waals surface area contributed by atoms with Gasteiger partial charge in [-0.1, -0.05) is 38.3 Å². The van der Waals surface area contributed by atoms with E-state index in [9.17, 15) is 0 Å². The summed E-state index contributed by atoms with van der Waals surface area (Å²) in [7, 11) is 0. The molecule has 1 aromatic carbocycles. The zero-order valence-electron chi connectivity index (χ0n) is 15.0. The van der Waals surface area contributed by atoms with Crippen LogP contribution in [-0.4, -0.2) is 36.1 Å². The van der Waals surface area contributed by atoms with Crippen LogP contribution in [0.25, 0.3) is 5.57 Å². The summed E-state index contributed by atoms with van der Waals surface area (Å²) in [6, 6.07) is 6.31. The molecule has 4 nitrogen and oxygen atoms in total. The topological polar surface area (TPSA) is 54.2 Å². The fourth-order valence-electron chi connectivity index (χ4n) is 3.19. The van der Waals surface area contributed by atoms with E-state index in [1.165, 1.54) is 10.5 Å². The number of fused-ring (bicyclic) bond motifs is 2. The van der Waals surface area contributed by atoms with E-state index >= 15 is 0 Å². The van der Waals surface area contributed by atoms with Gasteiger partial charge in [-0.05, 0) is 41.9 Å². The van der Waals surface area contributed by atoms with Gasteiger partial charge in [0.1, 0.15) is 0 Å². The Hall–Kier alpha value is -1.82. The predicted octanol–water partition coefficient (Wildman–Crippen LogP) is 3.82. The molecule has 0 fully saturated rings. The Balaban J connectivity index is 1.91. The molecule has 25 heavy (non-hydrogen) atoms. The number of likely N-dealkylation sites (N-methyl/N-ethyl adjacent to an activating group) is 1. The molecule has 2 heterocycles. The first-order valence-corrected chi connectivity index (χ1v) is 9.64.